The number of hydrogen-bond donors (Lipinski definition) is 0. The lowest BCUT2D eigenvalue weighted by molar-refractivity contribution is 0.0729. The predicted octanol–water partition coefficient (Wildman–Crippen LogP) is 5.73. The number of allylic oxidation sites excluding steroid dienone is 1. The van der Waals surface area contributed by atoms with E-state index >= 15 is 0 Å². The van der Waals surface area contributed by atoms with Crippen molar-refractivity contribution in [2.45, 2.75) is 6.92 Å². The largest absolute Gasteiger partial charge is 0.452 e. The Morgan fingerprint density at radius 2 is 1.83 bits per heavy atom. The van der Waals surface area contributed by atoms with Crippen molar-refractivity contribution in [3.63, 3.8) is 0 Å². The highest BCUT2D eigenvalue weighted by Crippen LogP contribution is 2.38. The van der Waals surface area contributed by atoms with Gasteiger partial charge >= 0.3 is 5.97 Å². The van der Waals surface area contributed by atoms with E-state index in [1.54, 1.807) is 25.1 Å². The maximum Gasteiger partial charge on any atom is 0.346 e. The average Bonchev–Trinajstić information content (AvgIpc) is 2.99. The van der Waals surface area contributed by atoms with E-state index in [4.69, 9.17) is 9.47 Å². The number of rotatable bonds is 3. The van der Waals surface area contributed by atoms with Gasteiger partial charge in [-0.1, -0.05) is 46.3 Å². The van der Waals surface area contributed by atoms with E-state index in [1.807, 2.05) is 24.3 Å². The Hall–Kier alpha value is -3.25. The summed E-state index contributed by atoms with van der Waals surface area (Å²) in [4.78, 5) is 25.0. The van der Waals surface area contributed by atoms with Crippen molar-refractivity contribution >= 4 is 33.8 Å². The molecule has 3 aromatic rings. The van der Waals surface area contributed by atoms with Crippen LogP contribution in [0.1, 0.15) is 31.8 Å². The third-order valence-electron chi connectivity index (χ3n) is 4.44. The lowest BCUT2D eigenvalue weighted by atomic mass is 10.0. The fourth-order valence-corrected chi connectivity index (χ4v) is 3.46. The number of esters is 1. The number of hydrogen-bond acceptors (Lipinski definition) is 4. The van der Waals surface area contributed by atoms with E-state index in [0.717, 1.165) is 10.0 Å². The lowest BCUT2D eigenvalue weighted by Crippen LogP contribution is -2.10. The summed E-state index contributed by atoms with van der Waals surface area (Å²) in [6.45, 7) is 1.72. The molecular weight excluding hydrogens is 439 g/mol. The zero-order valence-corrected chi connectivity index (χ0v) is 16.8. The molecule has 144 valence electrons. The number of ketones is 1. The summed E-state index contributed by atoms with van der Waals surface area (Å²) in [7, 11) is 0. The van der Waals surface area contributed by atoms with Crippen LogP contribution in [0.25, 0.3) is 6.08 Å². The SMILES string of the molecule is Cc1cc(OC(=O)c2ccccc2F)cc2c1C(=O)/C(=C/c1ccccc1Br)O2. The number of carbonyl (C=O) groups excluding carboxylic acids is 2. The number of fused-ring (bicyclic) bond motifs is 1. The van der Waals surface area contributed by atoms with Gasteiger partial charge < -0.3 is 9.47 Å². The third kappa shape index (κ3) is 3.71. The van der Waals surface area contributed by atoms with Crippen LogP contribution in [-0.4, -0.2) is 11.8 Å². The molecule has 0 amide bonds. The Bertz CT molecular complexity index is 1180. The molecule has 3 aromatic carbocycles. The second-order valence-corrected chi connectivity index (χ2v) is 7.30. The minimum atomic E-state index is -0.823. The summed E-state index contributed by atoms with van der Waals surface area (Å²) < 4.78 is 25.7. The van der Waals surface area contributed by atoms with Crippen LogP contribution in [0.2, 0.25) is 0 Å². The first-order chi connectivity index (χ1) is 13.9. The van der Waals surface area contributed by atoms with Gasteiger partial charge in [-0.05, 0) is 48.4 Å². The van der Waals surface area contributed by atoms with Gasteiger partial charge in [-0.25, -0.2) is 9.18 Å². The Balaban J connectivity index is 1.64. The summed E-state index contributed by atoms with van der Waals surface area (Å²) >= 11 is 3.44. The summed E-state index contributed by atoms with van der Waals surface area (Å²) in [6, 6.07) is 16.0. The zero-order chi connectivity index (χ0) is 20.5. The standard InChI is InChI=1S/C23H14BrFO4/c1-13-10-15(28-23(27)16-7-3-5-9-18(16)25)12-19-21(13)22(26)20(29-19)11-14-6-2-4-8-17(14)24/h2-12H,1H3/b20-11-. The Morgan fingerprint density at radius 1 is 1.10 bits per heavy atom. The molecule has 1 aliphatic rings. The normalized spacial score (nSPS) is 13.9. The molecule has 1 heterocycles. The first-order valence-corrected chi connectivity index (χ1v) is 9.53. The zero-order valence-electron chi connectivity index (χ0n) is 15.2. The van der Waals surface area contributed by atoms with Gasteiger partial charge in [0.05, 0.1) is 11.1 Å². The van der Waals surface area contributed by atoms with E-state index in [-0.39, 0.29) is 22.9 Å². The molecule has 0 aromatic heterocycles. The number of Topliss-reactive ketones (excluding diaryl/α,β-unsaturated/α-hetero) is 1. The maximum atomic E-state index is 13.8. The molecule has 1 aliphatic heterocycles. The van der Waals surface area contributed by atoms with E-state index in [9.17, 15) is 14.0 Å². The van der Waals surface area contributed by atoms with Gasteiger partial charge in [0.15, 0.2) is 5.76 Å². The van der Waals surface area contributed by atoms with E-state index in [2.05, 4.69) is 15.9 Å². The van der Waals surface area contributed by atoms with Crippen LogP contribution in [0, 0.1) is 12.7 Å². The molecule has 0 saturated carbocycles. The van der Waals surface area contributed by atoms with Gasteiger partial charge in [0.25, 0.3) is 0 Å². The van der Waals surface area contributed by atoms with Gasteiger partial charge in [0.2, 0.25) is 5.78 Å². The number of halogens is 2. The van der Waals surface area contributed by atoms with Crippen molar-refractivity contribution in [1.82, 2.24) is 0 Å². The van der Waals surface area contributed by atoms with Gasteiger partial charge in [-0.3, -0.25) is 4.79 Å². The fraction of sp³-hybridized carbons (Fsp3) is 0.0435. The van der Waals surface area contributed by atoms with E-state index in [1.165, 1.54) is 24.3 Å². The molecule has 29 heavy (non-hydrogen) atoms. The van der Waals surface area contributed by atoms with Gasteiger partial charge in [0.1, 0.15) is 17.3 Å². The van der Waals surface area contributed by atoms with Crippen LogP contribution in [0.4, 0.5) is 4.39 Å². The van der Waals surface area contributed by atoms with Crippen LogP contribution in [0.5, 0.6) is 11.5 Å². The summed E-state index contributed by atoms with van der Waals surface area (Å²) in [5.74, 6) is -1.10. The van der Waals surface area contributed by atoms with Crippen molar-refractivity contribution in [2.75, 3.05) is 0 Å². The third-order valence-corrected chi connectivity index (χ3v) is 5.16. The van der Waals surface area contributed by atoms with Gasteiger partial charge in [-0.2, -0.15) is 0 Å². The highest BCUT2D eigenvalue weighted by molar-refractivity contribution is 9.10. The summed E-state index contributed by atoms with van der Waals surface area (Å²) in [5.41, 5.74) is 1.64. The Morgan fingerprint density at radius 3 is 2.59 bits per heavy atom. The molecule has 4 rings (SSSR count). The lowest BCUT2D eigenvalue weighted by Gasteiger charge is -2.08. The average molecular weight is 453 g/mol. The predicted molar refractivity (Wildman–Crippen MR) is 110 cm³/mol. The number of aryl methyl sites for hydroxylation is 1. The topological polar surface area (TPSA) is 52.6 Å². The van der Waals surface area contributed by atoms with E-state index in [0.29, 0.717) is 16.9 Å². The Kier molecular flexibility index (Phi) is 5.03. The van der Waals surface area contributed by atoms with Crippen molar-refractivity contribution in [3.05, 3.63) is 99.0 Å². The van der Waals surface area contributed by atoms with Gasteiger partial charge in [0, 0.05) is 10.5 Å². The van der Waals surface area contributed by atoms with Crippen LogP contribution in [-0.2, 0) is 0 Å². The van der Waals surface area contributed by atoms with Crippen molar-refractivity contribution < 1.29 is 23.5 Å². The van der Waals surface area contributed by atoms with Crippen LogP contribution in [0.15, 0.2) is 70.9 Å². The van der Waals surface area contributed by atoms with Crippen molar-refractivity contribution in [2.24, 2.45) is 0 Å². The van der Waals surface area contributed by atoms with Crippen molar-refractivity contribution in [3.8, 4) is 11.5 Å². The molecule has 0 bridgehead atoms. The molecule has 0 spiro atoms. The van der Waals surface area contributed by atoms with Gasteiger partial charge in [-0.15, -0.1) is 0 Å². The number of benzene rings is 3. The second kappa shape index (κ2) is 7.64. The van der Waals surface area contributed by atoms with Crippen molar-refractivity contribution in [1.29, 1.82) is 0 Å². The second-order valence-electron chi connectivity index (χ2n) is 6.44. The number of carbonyl (C=O) groups is 2. The Labute approximate surface area is 174 Å². The molecule has 0 atom stereocenters. The molecule has 0 saturated heterocycles. The number of ether oxygens (including phenoxy) is 2. The fourth-order valence-electron chi connectivity index (χ4n) is 3.06. The minimum absolute atomic E-state index is 0.169. The molecule has 4 nitrogen and oxygen atoms in total. The monoisotopic (exact) mass is 452 g/mol. The molecule has 0 N–H and O–H groups in total. The highest BCUT2D eigenvalue weighted by atomic mass is 79.9. The molecule has 6 heteroatoms. The molecule has 0 fully saturated rings. The van der Waals surface area contributed by atoms with Crippen LogP contribution in [0.3, 0.4) is 0 Å². The quantitative estimate of drug-likeness (QED) is 0.289. The molecule has 0 unspecified atom stereocenters. The maximum absolute atomic E-state index is 13.8. The summed E-state index contributed by atoms with van der Waals surface area (Å²) in [5, 5.41) is 0. The molecule has 0 aliphatic carbocycles. The summed E-state index contributed by atoms with van der Waals surface area (Å²) in [6.07, 6.45) is 1.65. The minimum Gasteiger partial charge on any atom is -0.452 e. The molecule has 0 radical (unpaired) electrons. The van der Waals surface area contributed by atoms with E-state index < -0.39 is 11.8 Å². The highest BCUT2D eigenvalue weighted by Gasteiger charge is 2.30. The van der Waals surface area contributed by atoms with Crippen LogP contribution < -0.4 is 9.47 Å². The molecular formula is C23H14BrFO4. The van der Waals surface area contributed by atoms with Crippen LogP contribution >= 0.6 is 15.9 Å². The first-order valence-electron chi connectivity index (χ1n) is 8.74. The smallest absolute Gasteiger partial charge is 0.346 e. The first kappa shape index (κ1) is 19.1.